The Bertz CT molecular complexity index is 568. The molecule has 0 fully saturated rings. The lowest BCUT2D eigenvalue weighted by Gasteiger charge is -2.09. The molecule has 4 heteroatoms. The highest BCUT2D eigenvalue weighted by molar-refractivity contribution is 5.72. The molecular weight excluding hydrogens is 240 g/mol. The van der Waals surface area contributed by atoms with Gasteiger partial charge in [0.15, 0.2) is 0 Å². The molecule has 2 rings (SSSR count). The molecular formula is C15H18N2O2. The Morgan fingerprint density at radius 1 is 1.26 bits per heavy atom. The van der Waals surface area contributed by atoms with E-state index in [2.05, 4.69) is 21.7 Å². The molecule has 0 saturated heterocycles. The van der Waals surface area contributed by atoms with Crippen molar-refractivity contribution in [3.05, 3.63) is 47.4 Å². The van der Waals surface area contributed by atoms with Crippen LogP contribution in [0, 0.1) is 13.8 Å². The van der Waals surface area contributed by atoms with Gasteiger partial charge in [-0.1, -0.05) is 0 Å². The monoisotopic (exact) mass is 258 g/mol. The van der Waals surface area contributed by atoms with Crippen LogP contribution in [0.3, 0.4) is 0 Å². The van der Waals surface area contributed by atoms with Gasteiger partial charge in [-0.05, 0) is 50.6 Å². The predicted molar refractivity (Wildman–Crippen MR) is 73.4 cm³/mol. The number of rotatable bonds is 4. The van der Waals surface area contributed by atoms with Gasteiger partial charge in [-0.15, -0.1) is 0 Å². The van der Waals surface area contributed by atoms with Crippen molar-refractivity contribution in [3.63, 3.8) is 0 Å². The van der Waals surface area contributed by atoms with Gasteiger partial charge in [0, 0.05) is 17.6 Å². The van der Waals surface area contributed by atoms with Gasteiger partial charge in [-0.3, -0.25) is 4.79 Å². The Kier molecular flexibility index (Phi) is 4.00. The fourth-order valence-electron chi connectivity index (χ4n) is 2.10. The molecule has 0 spiro atoms. The van der Waals surface area contributed by atoms with Crippen LogP contribution in [-0.2, 0) is 16.0 Å². The van der Waals surface area contributed by atoms with Crippen LogP contribution in [0.15, 0.2) is 30.5 Å². The van der Waals surface area contributed by atoms with Gasteiger partial charge in [0.1, 0.15) is 5.82 Å². The summed E-state index contributed by atoms with van der Waals surface area (Å²) in [4.78, 5) is 15.9. The highest BCUT2D eigenvalue weighted by atomic mass is 16.5. The van der Waals surface area contributed by atoms with Crippen LogP contribution < -0.4 is 0 Å². The van der Waals surface area contributed by atoms with Crippen LogP contribution in [0.1, 0.15) is 23.9 Å². The van der Waals surface area contributed by atoms with Crippen LogP contribution in [0.4, 0.5) is 0 Å². The second kappa shape index (κ2) is 5.69. The molecule has 0 atom stereocenters. The molecule has 2 aromatic rings. The van der Waals surface area contributed by atoms with E-state index in [9.17, 15) is 4.79 Å². The molecule has 0 amide bonds. The molecule has 0 saturated carbocycles. The summed E-state index contributed by atoms with van der Waals surface area (Å²) in [6.45, 7) is 6.29. The van der Waals surface area contributed by atoms with E-state index >= 15 is 0 Å². The minimum Gasteiger partial charge on any atom is -0.466 e. The van der Waals surface area contributed by atoms with E-state index in [1.165, 1.54) is 0 Å². The SMILES string of the molecule is CCOC(=O)Cc1ccnc(-n2c(C)ccc2C)c1. The van der Waals surface area contributed by atoms with Gasteiger partial charge in [-0.25, -0.2) is 4.98 Å². The van der Waals surface area contributed by atoms with E-state index in [4.69, 9.17) is 4.74 Å². The quantitative estimate of drug-likeness (QED) is 0.792. The molecule has 0 bridgehead atoms. The van der Waals surface area contributed by atoms with Crippen LogP contribution in [0.2, 0.25) is 0 Å². The lowest BCUT2D eigenvalue weighted by Crippen LogP contribution is -2.09. The Hall–Kier alpha value is -2.10. The summed E-state index contributed by atoms with van der Waals surface area (Å²) in [7, 11) is 0. The van der Waals surface area contributed by atoms with Crippen molar-refractivity contribution < 1.29 is 9.53 Å². The molecule has 100 valence electrons. The molecule has 0 aromatic carbocycles. The molecule has 0 unspecified atom stereocenters. The summed E-state index contributed by atoms with van der Waals surface area (Å²) in [5.41, 5.74) is 3.16. The summed E-state index contributed by atoms with van der Waals surface area (Å²) in [5, 5.41) is 0. The summed E-state index contributed by atoms with van der Waals surface area (Å²) >= 11 is 0. The number of ether oxygens (including phenoxy) is 1. The topological polar surface area (TPSA) is 44.1 Å². The standard InChI is InChI=1S/C15H18N2O2/c1-4-19-15(18)10-13-7-8-16-14(9-13)17-11(2)5-6-12(17)3/h5-9H,4,10H2,1-3H3. The smallest absolute Gasteiger partial charge is 0.310 e. The maximum Gasteiger partial charge on any atom is 0.310 e. The van der Waals surface area contributed by atoms with Crippen molar-refractivity contribution in [2.24, 2.45) is 0 Å². The number of aryl methyl sites for hydroxylation is 2. The zero-order valence-electron chi connectivity index (χ0n) is 11.5. The summed E-state index contributed by atoms with van der Waals surface area (Å²) < 4.78 is 7.02. The first kappa shape index (κ1) is 13.3. The normalized spacial score (nSPS) is 10.5. The maximum atomic E-state index is 11.5. The minimum atomic E-state index is -0.208. The van der Waals surface area contributed by atoms with Crippen molar-refractivity contribution in [3.8, 4) is 5.82 Å². The first-order valence-corrected chi connectivity index (χ1v) is 6.37. The van der Waals surface area contributed by atoms with Gasteiger partial charge in [0.25, 0.3) is 0 Å². The Balaban J connectivity index is 2.27. The van der Waals surface area contributed by atoms with Crippen molar-refractivity contribution in [2.75, 3.05) is 6.61 Å². The number of carbonyl (C=O) groups is 1. The third-order valence-electron chi connectivity index (χ3n) is 2.96. The first-order valence-electron chi connectivity index (χ1n) is 6.37. The van der Waals surface area contributed by atoms with Crippen molar-refractivity contribution in [1.29, 1.82) is 0 Å². The Morgan fingerprint density at radius 3 is 2.58 bits per heavy atom. The fraction of sp³-hybridized carbons (Fsp3) is 0.333. The summed E-state index contributed by atoms with van der Waals surface area (Å²) in [5.74, 6) is 0.627. The molecule has 0 N–H and O–H groups in total. The molecule has 19 heavy (non-hydrogen) atoms. The fourth-order valence-corrected chi connectivity index (χ4v) is 2.10. The van der Waals surface area contributed by atoms with E-state index in [0.717, 1.165) is 22.8 Å². The molecule has 0 radical (unpaired) electrons. The zero-order chi connectivity index (χ0) is 13.8. The van der Waals surface area contributed by atoms with Crippen molar-refractivity contribution >= 4 is 5.97 Å². The number of carbonyl (C=O) groups excluding carboxylic acids is 1. The molecule has 0 aliphatic rings. The highest BCUT2D eigenvalue weighted by Crippen LogP contribution is 2.15. The summed E-state index contributed by atoms with van der Waals surface area (Å²) in [6.07, 6.45) is 2.01. The van der Waals surface area contributed by atoms with Crippen molar-refractivity contribution in [2.45, 2.75) is 27.2 Å². The number of hydrogen-bond donors (Lipinski definition) is 0. The number of aromatic nitrogens is 2. The Morgan fingerprint density at radius 2 is 1.95 bits per heavy atom. The van der Waals surface area contributed by atoms with Gasteiger partial charge in [0.05, 0.1) is 13.0 Å². The van der Waals surface area contributed by atoms with Crippen molar-refractivity contribution in [1.82, 2.24) is 9.55 Å². The van der Waals surface area contributed by atoms with E-state index in [0.29, 0.717) is 6.61 Å². The van der Waals surface area contributed by atoms with Crippen LogP contribution in [-0.4, -0.2) is 22.1 Å². The highest BCUT2D eigenvalue weighted by Gasteiger charge is 2.08. The van der Waals surface area contributed by atoms with E-state index in [1.54, 1.807) is 6.20 Å². The lowest BCUT2D eigenvalue weighted by molar-refractivity contribution is -0.142. The van der Waals surface area contributed by atoms with Gasteiger partial charge in [-0.2, -0.15) is 0 Å². The van der Waals surface area contributed by atoms with Gasteiger partial charge < -0.3 is 9.30 Å². The third kappa shape index (κ3) is 3.02. The number of hydrogen-bond acceptors (Lipinski definition) is 3. The largest absolute Gasteiger partial charge is 0.466 e. The minimum absolute atomic E-state index is 0.208. The molecule has 0 aliphatic carbocycles. The molecule has 0 aliphatic heterocycles. The van der Waals surface area contributed by atoms with E-state index in [1.807, 2.05) is 32.9 Å². The lowest BCUT2D eigenvalue weighted by atomic mass is 10.2. The zero-order valence-corrected chi connectivity index (χ0v) is 11.5. The average Bonchev–Trinajstić information content (AvgIpc) is 2.69. The Labute approximate surface area is 113 Å². The molecule has 2 aromatic heterocycles. The number of pyridine rings is 1. The third-order valence-corrected chi connectivity index (χ3v) is 2.96. The van der Waals surface area contributed by atoms with Gasteiger partial charge in [0.2, 0.25) is 0 Å². The number of nitrogens with zero attached hydrogens (tertiary/aromatic N) is 2. The molecule has 4 nitrogen and oxygen atoms in total. The van der Waals surface area contributed by atoms with Gasteiger partial charge >= 0.3 is 5.97 Å². The molecule has 2 heterocycles. The van der Waals surface area contributed by atoms with Crippen LogP contribution in [0.5, 0.6) is 0 Å². The first-order chi connectivity index (χ1) is 9.11. The number of esters is 1. The van der Waals surface area contributed by atoms with E-state index in [-0.39, 0.29) is 12.4 Å². The van der Waals surface area contributed by atoms with E-state index < -0.39 is 0 Å². The average molecular weight is 258 g/mol. The predicted octanol–water partition coefficient (Wildman–Crippen LogP) is 2.59. The summed E-state index contributed by atoms with van der Waals surface area (Å²) in [6, 6.07) is 7.87. The second-order valence-electron chi connectivity index (χ2n) is 4.46. The van der Waals surface area contributed by atoms with Crippen LogP contribution >= 0.6 is 0 Å². The second-order valence-corrected chi connectivity index (χ2v) is 4.46. The van der Waals surface area contributed by atoms with Crippen LogP contribution in [0.25, 0.3) is 5.82 Å². The maximum absolute atomic E-state index is 11.5.